The molecule has 214 valence electrons. The number of nitrogens with one attached hydrogen (secondary N) is 1. The van der Waals surface area contributed by atoms with Crippen LogP contribution in [0.15, 0.2) is 36.4 Å². The van der Waals surface area contributed by atoms with Gasteiger partial charge in [-0.3, -0.25) is 0 Å². The average molecular weight is 551 g/mol. The van der Waals surface area contributed by atoms with Gasteiger partial charge in [0, 0.05) is 24.9 Å². The van der Waals surface area contributed by atoms with Gasteiger partial charge in [0.2, 0.25) is 0 Å². The van der Waals surface area contributed by atoms with Crippen molar-refractivity contribution in [2.75, 3.05) is 19.8 Å². The van der Waals surface area contributed by atoms with Gasteiger partial charge in [0.25, 0.3) is 5.92 Å². The number of unbranched alkanes of at least 4 members (excludes halogenated alkanes) is 1. The molecule has 2 aromatic rings. The Morgan fingerprint density at radius 3 is 2.10 bits per heavy atom. The van der Waals surface area contributed by atoms with Crippen molar-refractivity contribution < 1.29 is 37.3 Å². The first kappa shape index (κ1) is 30.1. The molecule has 0 aliphatic heterocycles. The number of amides is 2. The first-order valence-corrected chi connectivity index (χ1v) is 13.3. The van der Waals surface area contributed by atoms with E-state index in [4.69, 9.17) is 9.47 Å². The van der Waals surface area contributed by atoms with Crippen LogP contribution in [-0.4, -0.2) is 53.2 Å². The minimum absolute atomic E-state index is 0.238. The summed E-state index contributed by atoms with van der Waals surface area (Å²) in [7, 11) is 0. The maximum atomic E-state index is 13.7. The van der Waals surface area contributed by atoms with E-state index in [1.54, 1.807) is 19.1 Å². The largest absolute Gasteiger partial charge is 0.493 e. The van der Waals surface area contributed by atoms with Crippen molar-refractivity contribution in [3.05, 3.63) is 58.9 Å². The fraction of sp³-hybridized carbons (Fsp3) is 0.517. The number of carboxylic acids is 1. The predicted octanol–water partition coefficient (Wildman–Crippen LogP) is 6.28. The zero-order valence-electron chi connectivity index (χ0n) is 22.9. The van der Waals surface area contributed by atoms with Crippen LogP contribution in [0.1, 0.15) is 69.2 Å². The molecule has 1 atom stereocenters. The lowest BCUT2D eigenvalue weighted by atomic mass is 9.73. The summed E-state index contributed by atoms with van der Waals surface area (Å²) in [5, 5.41) is 12.1. The minimum Gasteiger partial charge on any atom is -0.493 e. The van der Waals surface area contributed by atoms with E-state index < -0.39 is 42.3 Å². The zero-order chi connectivity index (χ0) is 28.8. The standard InChI is InChI=1S/C29H37F3N2O5/c1-5-38-24-15-22(16-25(19(24)3)39-6-2)20(4)34(14-8-7-9-21-10-12-23(30)13-11-21)27(37)33-28(26(35)36)17-29(31,32)18-28/h10-13,15-16,20H,5-9,14,17-18H2,1-4H3,(H,33,37)(H,35,36). The fourth-order valence-electron chi connectivity index (χ4n) is 4.85. The number of benzene rings is 2. The number of carbonyl (C=O) groups is 2. The van der Waals surface area contributed by atoms with Gasteiger partial charge in [-0.15, -0.1) is 0 Å². The van der Waals surface area contributed by atoms with Crippen molar-refractivity contribution in [2.24, 2.45) is 0 Å². The Morgan fingerprint density at radius 1 is 1.05 bits per heavy atom. The van der Waals surface area contributed by atoms with Gasteiger partial charge in [-0.25, -0.2) is 22.8 Å². The number of alkyl halides is 2. The number of hydrogen-bond acceptors (Lipinski definition) is 4. The van der Waals surface area contributed by atoms with Crippen LogP contribution in [0.5, 0.6) is 11.5 Å². The summed E-state index contributed by atoms with van der Waals surface area (Å²) in [6.07, 6.45) is -0.0356. The van der Waals surface area contributed by atoms with Crippen LogP contribution < -0.4 is 14.8 Å². The quantitative estimate of drug-likeness (QED) is 0.287. The predicted molar refractivity (Wildman–Crippen MR) is 141 cm³/mol. The highest BCUT2D eigenvalue weighted by atomic mass is 19.3. The average Bonchev–Trinajstić information content (AvgIpc) is 2.85. The van der Waals surface area contributed by atoms with Crippen molar-refractivity contribution in [1.29, 1.82) is 0 Å². The second kappa shape index (κ2) is 12.6. The van der Waals surface area contributed by atoms with Crippen molar-refractivity contribution in [1.82, 2.24) is 10.2 Å². The number of aliphatic carboxylic acids is 1. The molecule has 1 unspecified atom stereocenters. The van der Waals surface area contributed by atoms with Gasteiger partial charge >= 0.3 is 12.0 Å². The molecule has 0 spiro atoms. The molecule has 2 aromatic carbocycles. The SMILES string of the molecule is CCOc1cc(C(C)N(CCCCc2ccc(F)cc2)C(=O)NC2(C(=O)O)CC(F)(F)C2)cc(OCC)c1C. The molecule has 0 saturated heterocycles. The first-order chi connectivity index (χ1) is 18.4. The highest BCUT2D eigenvalue weighted by Gasteiger charge is 2.62. The number of hydrogen-bond donors (Lipinski definition) is 2. The number of urea groups is 1. The topological polar surface area (TPSA) is 88.1 Å². The molecule has 10 heteroatoms. The molecule has 1 saturated carbocycles. The number of carboxylic acid groups (broad SMARTS) is 1. The maximum Gasteiger partial charge on any atom is 0.329 e. The molecular formula is C29H37F3N2O5. The molecule has 1 aliphatic rings. The summed E-state index contributed by atoms with van der Waals surface area (Å²) in [6, 6.07) is 8.52. The molecule has 0 heterocycles. The summed E-state index contributed by atoms with van der Waals surface area (Å²) in [6.45, 7) is 8.46. The molecular weight excluding hydrogens is 513 g/mol. The molecule has 7 nitrogen and oxygen atoms in total. The molecule has 0 aromatic heterocycles. The Balaban J connectivity index is 1.85. The van der Waals surface area contributed by atoms with Crippen molar-refractivity contribution in [2.45, 2.75) is 77.3 Å². The molecule has 39 heavy (non-hydrogen) atoms. The molecule has 0 radical (unpaired) electrons. The van der Waals surface area contributed by atoms with Gasteiger partial charge in [-0.05, 0) is 82.3 Å². The van der Waals surface area contributed by atoms with Gasteiger partial charge in [0.05, 0.1) is 19.3 Å². The van der Waals surface area contributed by atoms with Crippen LogP contribution in [-0.2, 0) is 11.2 Å². The van der Waals surface area contributed by atoms with Crippen molar-refractivity contribution in [3.63, 3.8) is 0 Å². The third-order valence-electron chi connectivity index (χ3n) is 7.05. The molecule has 2 N–H and O–H groups in total. The Hall–Kier alpha value is -3.43. The van der Waals surface area contributed by atoms with Crippen molar-refractivity contribution >= 4 is 12.0 Å². The van der Waals surface area contributed by atoms with E-state index in [9.17, 15) is 27.9 Å². The number of nitrogens with zero attached hydrogens (tertiary/aromatic N) is 1. The van der Waals surface area contributed by atoms with E-state index in [-0.39, 0.29) is 12.4 Å². The highest BCUT2D eigenvalue weighted by molar-refractivity contribution is 5.88. The number of rotatable bonds is 13. The summed E-state index contributed by atoms with van der Waals surface area (Å²) >= 11 is 0. The lowest BCUT2D eigenvalue weighted by Gasteiger charge is -2.45. The van der Waals surface area contributed by atoms with Gasteiger partial charge in [-0.1, -0.05) is 12.1 Å². The van der Waals surface area contributed by atoms with E-state index >= 15 is 0 Å². The van der Waals surface area contributed by atoms with Crippen LogP contribution >= 0.6 is 0 Å². The Kier molecular flexibility index (Phi) is 9.74. The Morgan fingerprint density at radius 2 is 1.62 bits per heavy atom. The zero-order valence-corrected chi connectivity index (χ0v) is 22.9. The summed E-state index contributed by atoms with van der Waals surface area (Å²) in [5.74, 6) is -3.75. The van der Waals surface area contributed by atoms with Crippen LogP contribution in [0.25, 0.3) is 0 Å². The number of carbonyl (C=O) groups excluding carboxylic acids is 1. The monoisotopic (exact) mass is 550 g/mol. The summed E-state index contributed by atoms with van der Waals surface area (Å²) in [4.78, 5) is 26.8. The van der Waals surface area contributed by atoms with E-state index in [0.717, 1.165) is 11.1 Å². The van der Waals surface area contributed by atoms with Gasteiger partial charge < -0.3 is 24.8 Å². The van der Waals surface area contributed by atoms with Gasteiger partial charge in [0.15, 0.2) is 5.54 Å². The fourth-order valence-corrected chi connectivity index (χ4v) is 4.85. The summed E-state index contributed by atoms with van der Waals surface area (Å²) in [5.41, 5.74) is 0.437. The van der Waals surface area contributed by atoms with Crippen LogP contribution in [0, 0.1) is 12.7 Å². The third-order valence-corrected chi connectivity index (χ3v) is 7.05. The number of aryl methyl sites for hydroxylation is 1. The molecule has 1 fully saturated rings. The first-order valence-electron chi connectivity index (χ1n) is 13.3. The van der Waals surface area contributed by atoms with Crippen LogP contribution in [0.3, 0.4) is 0 Å². The molecule has 2 amide bonds. The number of halogens is 3. The Labute approximate surface area is 227 Å². The van der Waals surface area contributed by atoms with Gasteiger partial charge in [-0.2, -0.15) is 0 Å². The van der Waals surface area contributed by atoms with E-state index in [0.29, 0.717) is 49.5 Å². The van der Waals surface area contributed by atoms with E-state index in [2.05, 4.69) is 5.32 Å². The summed E-state index contributed by atoms with van der Waals surface area (Å²) < 4.78 is 52.2. The molecule has 3 rings (SSSR count). The van der Waals surface area contributed by atoms with Crippen molar-refractivity contribution in [3.8, 4) is 11.5 Å². The molecule has 1 aliphatic carbocycles. The lowest BCUT2D eigenvalue weighted by Crippen LogP contribution is -2.68. The highest BCUT2D eigenvalue weighted by Crippen LogP contribution is 2.46. The van der Waals surface area contributed by atoms with Crippen LogP contribution in [0.2, 0.25) is 0 Å². The minimum atomic E-state index is -3.15. The lowest BCUT2D eigenvalue weighted by molar-refractivity contribution is -0.175. The Bertz CT molecular complexity index is 1120. The third kappa shape index (κ3) is 7.36. The van der Waals surface area contributed by atoms with Gasteiger partial charge in [0.1, 0.15) is 17.3 Å². The maximum absolute atomic E-state index is 13.7. The van der Waals surface area contributed by atoms with Crippen LogP contribution in [0.4, 0.5) is 18.0 Å². The second-order valence-corrected chi connectivity index (χ2v) is 9.99. The molecule has 0 bridgehead atoms. The second-order valence-electron chi connectivity index (χ2n) is 9.99. The normalized spacial score (nSPS) is 16.1. The smallest absolute Gasteiger partial charge is 0.329 e. The van der Waals surface area contributed by atoms with E-state index in [1.807, 2.05) is 32.9 Å². The van der Waals surface area contributed by atoms with E-state index in [1.165, 1.54) is 17.0 Å². The number of ether oxygens (including phenoxy) is 2.